The molecule has 0 bridgehead atoms. The summed E-state index contributed by atoms with van der Waals surface area (Å²) in [5, 5.41) is 11.9. The molecule has 0 atom stereocenters. The van der Waals surface area contributed by atoms with Gasteiger partial charge in [0.2, 0.25) is 0 Å². The number of halogens is 3. The number of aryl methyl sites for hydroxylation is 1. The predicted octanol–water partition coefficient (Wildman–Crippen LogP) is 4.89. The summed E-state index contributed by atoms with van der Waals surface area (Å²) in [6, 6.07) is 5.29. The monoisotopic (exact) mass is 450 g/mol. The van der Waals surface area contributed by atoms with Crippen LogP contribution in [0.3, 0.4) is 0 Å². The smallest absolute Gasteiger partial charge is 0.422 e. The van der Waals surface area contributed by atoms with E-state index in [1.165, 1.54) is 0 Å². The first-order valence-corrected chi connectivity index (χ1v) is 10.3. The first kappa shape index (κ1) is 22.3. The Labute approximate surface area is 183 Å². The lowest BCUT2D eigenvalue weighted by molar-refractivity contribution is -0.153. The summed E-state index contributed by atoms with van der Waals surface area (Å²) in [5.41, 5.74) is 2.34. The summed E-state index contributed by atoms with van der Waals surface area (Å²) in [4.78, 5) is 4.74. The number of aromatic nitrogens is 3. The highest BCUT2D eigenvalue weighted by molar-refractivity contribution is 5.89. The Kier molecular flexibility index (Phi) is 5.74. The molecule has 10 heteroatoms. The molecule has 7 nitrogen and oxygen atoms in total. The minimum atomic E-state index is -4.41. The zero-order valence-electron chi connectivity index (χ0n) is 18.3. The van der Waals surface area contributed by atoms with Crippen LogP contribution in [0.5, 0.6) is 5.75 Å². The summed E-state index contributed by atoms with van der Waals surface area (Å²) < 4.78 is 53.9. The van der Waals surface area contributed by atoms with Gasteiger partial charge in [-0.1, -0.05) is 25.9 Å². The van der Waals surface area contributed by atoms with Gasteiger partial charge in [0.05, 0.1) is 18.7 Å². The molecule has 0 aliphatic carbocycles. The van der Waals surface area contributed by atoms with Gasteiger partial charge < -0.3 is 19.2 Å². The van der Waals surface area contributed by atoms with Crippen molar-refractivity contribution in [2.24, 2.45) is 5.92 Å². The van der Waals surface area contributed by atoms with E-state index in [1.54, 1.807) is 18.2 Å². The van der Waals surface area contributed by atoms with Gasteiger partial charge in [0.1, 0.15) is 11.4 Å². The molecule has 1 aromatic carbocycles. The van der Waals surface area contributed by atoms with Crippen LogP contribution in [0.1, 0.15) is 31.9 Å². The van der Waals surface area contributed by atoms with Crippen molar-refractivity contribution in [3.05, 3.63) is 29.3 Å². The van der Waals surface area contributed by atoms with Crippen LogP contribution in [0.25, 0.3) is 22.5 Å². The SMILES string of the molecule is Cc1cc(-c2nnc(NCC3COC3)o2)nc2c(C(C)(C)C)cc(OCC(F)(F)F)cc12. The number of pyridine rings is 1. The standard InChI is InChI=1S/C22H25F3N4O3/c1-12-5-17(19-28-29-20(32-19)26-8-13-9-30-10-13)27-18-15(12)6-14(31-11-22(23,24)25)7-16(18)21(2,3)4/h5-7,13H,8-11H2,1-4H3,(H,26,29). The van der Waals surface area contributed by atoms with E-state index in [0.717, 1.165) is 11.1 Å². The third-order valence-electron chi connectivity index (χ3n) is 5.20. The van der Waals surface area contributed by atoms with Gasteiger partial charge in [-0.3, -0.25) is 0 Å². The normalized spacial score (nSPS) is 15.1. The number of hydrogen-bond acceptors (Lipinski definition) is 7. The van der Waals surface area contributed by atoms with Gasteiger partial charge in [-0.05, 0) is 41.7 Å². The topological polar surface area (TPSA) is 82.3 Å². The van der Waals surface area contributed by atoms with Gasteiger partial charge in [0, 0.05) is 17.8 Å². The molecule has 3 heterocycles. The Balaban J connectivity index is 1.69. The molecule has 0 saturated carbocycles. The molecule has 0 spiro atoms. The second-order valence-electron chi connectivity index (χ2n) is 9.04. The van der Waals surface area contributed by atoms with Crippen LogP contribution in [0.2, 0.25) is 0 Å². The quantitative estimate of drug-likeness (QED) is 0.573. The Morgan fingerprint density at radius 2 is 1.88 bits per heavy atom. The molecule has 0 unspecified atom stereocenters. The zero-order chi connectivity index (χ0) is 23.1. The fourth-order valence-corrected chi connectivity index (χ4v) is 3.43. The molecule has 172 valence electrons. The van der Waals surface area contributed by atoms with Crippen LogP contribution < -0.4 is 10.1 Å². The molecular formula is C22H25F3N4O3. The molecule has 1 aliphatic rings. The first-order valence-electron chi connectivity index (χ1n) is 10.3. The Morgan fingerprint density at radius 1 is 1.12 bits per heavy atom. The van der Waals surface area contributed by atoms with Gasteiger partial charge in [0.15, 0.2) is 6.61 Å². The molecule has 1 N–H and O–H groups in total. The number of hydrogen-bond donors (Lipinski definition) is 1. The number of fused-ring (bicyclic) bond motifs is 1. The molecule has 0 radical (unpaired) electrons. The van der Waals surface area contributed by atoms with Crippen molar-refractivity contribution in [3.63, 3.8) is 0 Å². The maximum absolute atomic E-state index is 12.7. The Hall–Kier alpha value is -2.88. The minimum Gasteiger partial charge on any atom is -0.484 e. The number of rotatable bonds is 6. The number of nitrogens with one attached hydrogen (secondary N) is 1. The maximum atomic E-state index is 12.7. The average molecular weight is 450 g/mol. The predicted molar refractivity (Wildman–Crippen MR) is 113 cm³/mol. The second kappa shape index (κ2) is 8.23. The van der Waals surface area contributed by atoms with Crippen LogP contribution in [0.4, 0.5) is 19.2 Å². The lowest BCUT2D eigenvalue weighted by atomic mass is 9.84. The van der Waals surface area contributed by atoms with Crippen molar-refractivity contribution in [1.29, 1.82) is 0 Å². The van der Waals surface area contributed by atoms with Crippen LogP contribution >= 0.6 is 0 Å². The molecule has 1 saturated heterocycles. The van der Waals surface area contributed by atoms with Gasteiger partial charge in [0.25, 0.3) is 5.89 Å². The van der Waals surface area contributed by atoms with Crippen molar-refractivity contribution in [1.82, 2.24) is 15.2 Å². The first-order chi connectivity index (χ1) is 15.0. The lowest BCUT2D eigenvalue weighted by Crippen LogP contribution is -2.33. The summed E-state index contributed by atoms with van der Waals surface area (Å²) in [7, 11) is 0. The highest BCUT2D eigenvalue weighted by Crippen LogP contribution is 2.36. The van der Waals surface area contributed by atoms with Crippen molar-refractivity contribution in [2.45, 2.75) is 39.3 Å². The van der Waals surface area contributed by atoms with E-state index in [-0.39, 0.29) is 17.1 Å². The number of benzene rings is 1. The van der Waals surface area contributed by atoms with E-state index in [9.17, 15) is 13.2 Å². The molecule has 32 heavy (non-hydrogen) atoms. The highest BCUT2D eigenvalue weighted by Gasteiger charge is 2.29. The van der Waals surface area contributed by atoms with Gasteiger partial charge in [-0.25, -0.2) is 4.98 Å². The fraction of sp³-hybridized carbons (Fsp3) is 0.500. The molecule has 1 fully saturated rings. The van der Waals surface area contributed by atoms with Crippen molar-refractivity contribution >= 4 is 16.9 Å². The third-order valence-corrected chi connectivity index (χ3v) is 5.20. The Bertz CT molecular complexity index is 1120. The van der Waals surface area contributed by atoms with Crippen molar-refractivity contribution in [2.75, 3.05) is 31.7 Å². The molecule has 0 amide bonds. The number of nitrogens with zero attached hydrogens (tertiary/aromatic N) is 3. The number of alkyl halides is 3. The summed E-state index contributed by atoms with van der Waals surface area (Å²) >= 11 is 0. The van der Waals surface area contributed by atoms with E-state index in [1.807, 2.05) is 27.7 Å². The summed E-state index contributed by atoms with van der Waals surface area (Å²) in [6.07, 6.45) is -4.41. The third kappa shape index (κ3) is 4.95. The molecule has 1 aliphatic heterocycles. The van der Waals surface area contributed by atoms with Gasteiger partial charge in [-0.2, -0.15) is 13.2 Å². The van der Waals surface area contributed by atoms with Crippen LogP contribution in [-0.4, -0.2) is 47.7 Å². The van der Waals surface area contributed by atoms with E-state index in [2.05, 4.69) is 15.5 Å². The molecule has 4 rings (SSSR count). The number of anilines is 1. The van der Waals surface area contributed by atoms with Crippen LogP contribution in [0.15, 0.2) is 22.6 Å². The van der Waals surface area contributed by atoms with Gasteiger partial charge in [-0.15, -0.1) is 5.10 Å². The lowest BCUT2D eigenvalue weighted by Gasteiger charge is -2.25. The van der Waals surface area contributed by atoms with Crippen molar-refractivity contribution in [3.8, 4) is 17.3 Å². The van der Waals surface area contributed by atoms with E-state index in [4.69, 9.17) is 18.9 Å². The highest BCUT2D eigenvalue weighted by atomic mass is 19.4. The largest absolute Gasteiger partial charge is 0.484 e. The zero-order valence-corrected chi connectivity index (χ0v) is 18.3. The van der Waals surface area contributed by atoms with E-state index < -0.39 is 12.8 Å². The number of ether oxygens (including phenoxy) is 2. The molecule has 3 aromatic rings. The summed E-state index contributed by atoms with van der Waals surface area (Å²) in [6.45, 7) is 8.53. The van der Waals surface area contributed by atoms with Crippen LogP contribution in [0, 0.1) is 12.8 Å². The molecule has 2 aromatic heterocycles. The molecular weight excluding hydrogens is 425 g/mol. The van der Waals surface area contributed by atoms with Crippen molar-refractivity contribution < 1.29 is 27.1 Å². The van der Waals surface area contributed by atoms with E-state index >= 15 is 0 Å². The average Bonchev–Trinajstić information content (AvgIpc) is 3.12. The minimum absolute atomic E-state index is 0.154. The Morgan fingerprint density at radius 3 is 2.50 bits per heavy atom. The van der Waals surface area contributed by atoms with Crippen LogP contribution in [-0.2, 0) is 10.2 Å². The maximum Gasteiger partial charge on any atom is 0.422 e. The van der Waals surface area contributed by atoms with Gasteiger partial charge >= 0.3 is 12.2 Å². The second-order valence-corrected chi connectivity index (χ2v) is 9.04. The fourth-order valence-electron chi connectivity index (χ4n) is 3.43. The summed E-state index contributed by atoms with van der Waals surface area (Å²) in [5.74, 6) is 0.843. The van der Waals surface area contributed by atoms with E-state index in [0.29, 0.717) is 48.3 Å².